The molecular formula is C26H27N3O2. The van der Waals surface area contributed by atoms with Crippen molar-refractivity contribution in [3.63, 3.8) is 0 Å². The Morgan fingerprint density at radius 2 is 1.55 bits per heavy atom. The molecule has 0 aromatic heterocycles. The third kappa shape index (κ3) is 4.17. The fourth-order valence-electron chi connectivity index (χ4n) is 4.31. The van der Waals surface area contributed by atoms with Crippen molar-refractivity contribution in [2.45, 2.75) is 38.8 Å². The summed E-state index contributed by atoms with van der Waals surface area (Å²) < 4.78 is 0. The predicted octanol–water partition coefficient (Wildman–Crippen LogP) is 6.00. The van der Waals surface area contributed by atoms with E-state index >= 15 is 0 Å². The Morgan fingerprint density at radius 1 is 0.935 bits per heavy atom. The van der Waals surface area contributed by atoms with Gasteiger partial charge in [-0.05, 0) is 49.2 Å². The number of para-hydroxylation sites is 3. The van der Waals surface area contributed by atoms with Crippen molar-refractivity contribution in [1.82, 2.24) is 0 Å². The zero-order chi connectivity index (χ0) is 21.8. The van der Waals surface area contributed by atoms with E-state index in [9.17, 15) is 9.59 Å². The number of hydrogen-bond acceptors (Lipinski definition) is 2. The molecule has 5 nitrogen and oxygen atoms in total. The third-order valence-corrected chi connectivity index (χ3v) is 5.72. The maximum atomic E-state index is 13.5. The third-order valence-electron chi connectivity index (χ3n) is 5.72. The van der Waals surface area contributed by atoms with Crippen LogP contribution < -0.4 is 15.1 Å². The zero-order valence-corrected chi connectivity index (χ0v) is 17.9. The molecule has 2 unspecified atom stereocenters. The monoisotopic (exact) mass is 413 g/mol. The highest BCUT2D eigenvalue weighted by Gasteiger charge is 2.38. The highest BCUT2D eigenvalue weighted by Crippen LogP contribution is 2.42. The Hall–Kier alpha value is -3.60. The molecule has 1 N–H and O–H groups in total. The number of hydrogen-bond donors (Lipinski definition) is 1. The Labute approximate surface area is 183 Å². The summed E-state index contributed by atoms with van der Waals surface area (Å²) >= 11 is 0. The molecule has 0 saturated carbocycles. The van der Waals surface area contributed by atoms with E-state index in [1.165, 1.54) is 0 Å². The topological polar surface area (TPSA) is 52.7 Å². The van der Waals surface area contributed by atoms with Crippen LogP contribution in [-0.4, -0.2) is 18.0 Å². The molecule has 2 atom stereocenters. The van der Waals surface area contributed by atoms with Crippen LogP contribution in [0.2, 0.25) is 0 Å². The van der Waals surface area contributed by atoms with Crippen LogP contribution in [0, 0.1) is 0 Å². The van der Waals surface area contributed by atoms with Crippen LogP contribution in [0.25, 0.3) is 0 Å². The Balaban J connectivity index is 1.77. The molecule has 1 heterocycles. The van der Waals surface area contributed by atoms with Gasteiger partial charge in [-0.1, -0.05) is 61.5 Å². The van der Waals surface area contributed by atoms with Crippen molar-refractivity contribution in [2.75, 3.05) is 15.1 Å². The van der Waals surface area contributed by atoms with Crippen molar-refractivity contribution in [3.8, 4) is 0 Å². The van der Waals surface area contributed by atoms with Crippen LogP contribution in [-0.2, 0) is 4.79 Å². The molecule has 1 aliphatic rings. The summed E-state index contributed by atoms with van der Waals surface area (Å²) in [4.78, 5) is 29.9. The van der Waals surface area contributed by atoms with Crippen LogP contribution in [0.4, 0.5) is 21.9 Å². The quantitative estimate of drug-likeness (QED) is 0.570. The molecule has 1 aliphatic heterocycles. The van der Waals surface area contributed by atoms with Crippen LogP contribution in [0.3, 0.4) is 0 Å². The van der Waals surface area contributed by atoms with E-state index in [4.69, 9.17) is 0 Å². The average Bonchev–Trinajstić information content (AvgIpc) is 2.80. The number of carbonyl (C=O) groups excluding carboxylic acids is 2. The van der Waals surface area contributed by atoms with Gasteiger partial charge in [0.25, 0.3) is 0 Å². The van der Waals surface area contributed by atoms with Crippen LogP contribution in [0.5, 0.6) is 0 Å². The van der Waals surface area contributed by atoms with Crippen LogP contribution in [0.15, 0.2) is 84.9 Å². The van der Waals surface area contributed by atoms with Gasteiger partial charge >= 0.3 is 6.03 Å². The second kappa shape index (κ2) is 9.04. The maximum absolute atomic E-state index is 13.5. The molecule has 3 aromatic rings. The fraction of sp³-hybridized carbons (Fsp3) is 0.231. The van der Waals surface area contributed by atoms with Gasteiger partial charge in [0.2, 0.25) is 5.91 Å². The van der Waals surface area contributed by atoms with Gasteiger partial charge in [0.05, 0.1) is 6.04 Å². The molecule has 3 amide bonds. The summed E-state index contributed by atoms with van der Waals surface area (Å²) in [5, 5.41) is 3.04. The van der Waals surface area contributed by atoms with Gasteiger partial charge in [-0.25, -0.2) is 4.79 Å². The van der Waals surface area contributed by atoms with Crippen molar-refractivity contribution in [2.24, 2.45) is 0 Å². The van der Waals surface area contributed by atoms with E-state index in [-0.39, 0.29) is 24.0 Å². The summed E-state index contributed by atoms with van der Waals surface area (Å²) in [6, 6.07) is 26.7. The smallest absolute Gasteiger partial charge is 0.309 e. The van der Waals surface area contributed by atoms with E-state index in [0.29, 0.717) is 12.8 Å². The Kier molecular flexibility index (Phi) is 6.03. The highest BCUT2D eigenvalue weighted by molar-refractivity contribution is 6.03. The number of carbonyl (C=O) groups is 2. The molecular weight excluding hydrogens is 386 g/mol. The number of nitrogens with zero attached hydrogens (tertiary/aromatic N) is 2. The van der Waals surface area contributed by atoms with Crippen molar-refractivity contribution >= 4 is 29.0 Å². The first-order chi connectivity index (χ1) is 15.1. The Bertz CT molecular complexity index is 1050. The molecule has 31 heavy (non-hydrogen) atoms. The molecule has 0 fully saturated rings. The van der Waals surface area contributed by atoms with E-state index in [1.54, 1.807) is 0 Å². The molecule has 3 aromatic carbocycles. The minimum Gasteiger partial charge on any atom is -0.309 e. The number of rotatable bonds is 4. The lowest BCUT2D eigenvalue weighted by atomic mass is 9.90. The molecule has 0 saturated heterocycles. The molecule has 0 spiro atoms. The molecule has 158 valence electrons. The van der Waals surface area contributed by atoms with Gasteiger partial charge < -0.3 is 10.2 Å². The first kappa shape index (κ1) is 20.7. The fourth-order valence-corrected chi connectivity index (χ4v) is 4.31. The Morgan fingerprint density at radius 3 is 2.23 bits per heavy atom. The molecule has 5 heteroatoms. The number of nitrogens with one attached hydrogen (secondary N) is 1. The maximum Gasteiger partial charge on any atom is 0.326 e. The molecule has 0 bridgehead atoms. The van der Waals surface area contributed by atoms with E-state index in [0.717, 1.165) is 22.6 Å². The lowest BCUT2D eigenvalue weighted by Gasteiger charge is -2.43. The zero-order valence-electron chi connectivity index (χ0n) is 17.9. The first-order valence-corrected chi connectivity index (χ1v) is 10.7. The van der Waals surface area contributed by atoms with Crippen molar-refractivity contribution in [1.29, 1.82) is 0 Å². The van der Waals surface area contributed by atoms with Crippen molar-refractivity contribution in [3.05, 3.63) is 90.5 Å². The lowest BCUT2D eigenvalue weighted by Crippen LogP contribution is -2.48. The van der Waals surface area contributed by atoms with Gasteiger partial charge in [0.1, 0.15) is 0 Å². The van der Waals surface area contributed by atoms with Crippen LogP contribution >= 0.6 is 0 Å². The molecule has 4 rings (SSSR count). The minimum atomic E-state index is -0.196. The number of fused-ring (bicyclic) bond motifs is 1. The summed E-state index contributed by atoms with van der Waals surface area (Å²) in [5.74, 6) is 0.0957. The van der Waals surface area contributed by atoms with Gasteiger partial charge in [0.15, 0.2) is 0 Å². The van der Waals surface area contributed by atoms with E-state index in [2.05, 4.69) is 12.2 Å². The number of urea groups is 1. The normalized spacial score (nSPS) is 17.5. The summed E-state index contributed by atoms with van der Waals surface area (Å²) in [6.45, 7) is 3.93. The standard InChI is InChI=1S/C26H27N3O2/c1-3-25(30)28-19(2)18-24(22-16-10-11-17-23(22)28)29(21-14-8-5-9-15-21)26(31)27-20-12-6-4-7-13-20/h4-17,19,24H,3,18H2,1-2H3,(H,27,31). The summed E-state index contributed by atoms with van der Waals surface area (Å²) in [6.07, 6.45) is 1.10. The van der Waals surface area contributed by atoms with Gasteiger partial charge in [-0.3, -0.25) is 9.69 Å². The predicted molar refractivity (Wildman–Crippen MR) is 125 cm³/mol. The van der Waals surface area contributed by atoms with Gasteiger partial charge in [-0.2, -0.15) is 0 Å². The first-order valence-electron chi connectivity index (χ1n) is 10.7. The highest BCUT2D eigenvalue weighted by atomic mass is 16.2. The SMILES string of the molecule is CCC(=O)N1c2ccccc2C(N(C(=O)Nc2ccccc2)c2ccccc2)CC1C. The summed E-state index contributed by atoms with van der Waals surface area (Å²) in [5.41, 5.74) is 3.42. The van der Waals surface area contributed by atoms with Crippen LogP contribution in [0.1, 0.15) is 38.3 Å². The van der Waals surface area contributed by atoms with Gasteiger partial charge in [0, 0.05) is 29.5 Å². The number of benzene rings is 3. The average molecular weight is 414 g/mol. The van der Waals surface area contributed by atoms with E-state index < -0.39 is 0 Å². The van der Waals surface area contributed by atoms with Crippen molar-refractivity contribution < 1.29 is 9.59 Å². The second-order valence-corrected chi connectivity index (χ2v) is 7.78. The van der Waals surface area contributed by atoms with E-state index in [1.807, 2.05) is 102 Å². The summed E-state index contributed by atoms with van der Waals surface area (Å²) in [7, 11) is 0. The lowest BCUT2D eigenvalue weighted by molar-refractivity contribution is -0.118. The molecule has 0 radical (unpaired) electrons. The van der Waals surface area contributed by atoms with Gasteiger partial charge in [-0.15, -0.1) is 0 Å². The minimum absolute atomic E-state index is 0.0249. The number of anilines is 3. The molecule has 0 aliphatic carbocycles. The largest absolute Gasteiger partial charge is 0.326 e. The second-order valence-electron chi connectivity index (χ2n) is 7.78. The number of amides is 3.